The van der Waals surface area contributed by atoms with Gasteiger partial charge in [-0.3, -0.25) is 9.78 Å². The zero-order valence-corrected chi connectivity index (χ0v) is 12.5. The molecule has 3 nitrogen and oxygen atoms in total. The molecule has 0 aliphatic heterocycles. The van der Waals surface area contributed by atoms with Crippen molar-refractivity contribution in [2.24, 2.45) is 0 Å². The number of nitrogens with one attached hydrogen (secondary N) is 1. The van der Waals surface area contributed by atoms with Crippen LogP contribution in [-0.2, 0) is 0 Å². The molecule has 1 atom stereocenters. The number of nitrogens with zero attached hydrogens (tertiary/aromatic N) is 1. The molecular formula is C16H17ClN2O. The van der Waals surface area contributed by atoms with Crippen LogP contribution in [0.25, 0.3) is 0 Å². The number of rotatable bonds is 3. The summed E-state index contributed by atoms with van der Waals surface area (Å²) in [5.41, 5.74) is 3.83. The van der Waals surface area contributed by atoms with E-state index < -0.39 is 0 Å². The predicted octanol–water partition coefficient (Wildman–Crippen LogP) is 3.84. The van der Waals surface area contributed by atoms with E-state index in [1.54, 1.807) is 12.3 Å². The number of carbonyl (C=O) groups is 1. The first-order valence-corrected chi connectivity index (χ1v) is 6.84. The maximum atomic E-state index is 12.2. The second-order valence-corrected chi connectivity index (χ2v) is 5.32. The first-order valence-electron chi connectivity index (χ1n) is 6.46. The Morgan fingerprint density at radius 1 is 1.30 bits per heavy atom. The number of pyridine rings is 1. The summed E-state index contributed by atoms with van der Waals surface area (Å²) in [6, 6.07) is 7.73. The van der Waals surface area contributed by atoms with Crippen LogP contribution in [0.5, 0.6) is 0 Å². The normalized spacial score (nSPS) is 12.0. The molecule has 1 aromatic heterocycles. The van der Waals surface area contributed by atoms with Gasteiger partial charge in [-0.25, -0.2) is 0 Å². The van der Waals surface area contributed by atoms with E-state index in [9.17, 15) is 4.79 Å². The first-order chi connectivity index (χ1) is 9.49. The van der Waals surface area contributed by atoms with Gasteiger partial charge in [0.2, 0.25) is 0 Å². The van der Waals surface area contributed by atoms with Crippen molar-refractivity contribution < 1.29 is 4.79 Å². The summed E-state index contributed by atoms with van der Waals surface area (Å²) in [5, 5.41) is 3.37. The number of amides is 1. The Labute approximate surface area is 124 Å². The van der Waals surface area contributed by atoms with Crippen LogP contribution < -0.4 is 5.32 Å². The fourth-order valence-electron chi connectivity index (χ4n) is 2.12. The Balaban J connectivity index is 2.19. The number of aromatic nitrogens is 1. The molecule has 0 spiro atoms. The molecule has 0 saturated heterocycles. The van der Waals surface area contributed by atoms with E-state index in [1.807, 2.05) is 20.8 Å². The summed E-state index contributed by atoms with van der Waals surface area (Å²) in [7, 11) is 0. The second kappa shape index (κ2) is 6.06. The summed E-state index contributed by atoms with van der Waals surface area (Å²) >= 11 is 6.00. The number of carbonyl (C=O) groups excluding carboxylic acids is 1. The lowest BCUT2D eigenvalue weighted by Crippen LogP contribution is -2.27. The minimum Gasteiger partial charge on any atom is -0.345 e. The third-order valence-electron chi connectivity index (χ3n) is 3.26. The van der Waals surface area contributed by atoms with Crippen molar-refractivity contribution in [1.29, 1.82) is 0 Å². The van der Waals surface area contributed by atoms with Crippen LogP contribution in [0.4, 0.5) is 0 Å². The molecule has 20 heavy (non-hydrogen) atoms. The van der Waals surface area contributed by atoms with E-state index in [1.165, 1.54) is 11.8 Å². The molecule has 1 aromatic carbocycles. The van der Waals surface area contributed by atoms with Gasteiger partial charge < -0.3 is 5.32 Å². The van der Waals surface area contributed by atoms with E-state index in [-0.39, 0.29) is 11.9 Å². The Hall–Kier alpha value is -1.87. The Bertz CT molecular complexity index is 640. The topological polar surface area (TPSA) is 42.0 Å². The van der Waals surface area contributed by atoms with Gasteiger partial charge in [0.15, 0.2) is 0 Å². The quantitative estimate of drug-likeness (QED) is 0.932. The minimum absolute atomic E-state index is 0.0846. The Morgan fingerprint density at radius 3 is 2.75 bits per heavy atom. The van der Waals surface area contributed by atoms with Crippen LogP contribution in [-0.4, -0.2) is 10.9 Å². The minimum atomic E-state index is -0.212. The molecule has 0 fully saturated rings. The number of hydrogen-bond acceptors (Lipinski definition) is 2. The van der Waals surface area contributed by atoms with Crippen LogP contribution in [0.15, 0.2) is 36.7 Å². The van der Waals surface area contributed by atoms with Crippen LogP contribution in [0, 0.1) is 13.8 Å². The third kappa shape index (κ3) is 3.17. The van der Waals surface area contributed by atoms with Crippen LogP contribution in [0.2, 0.25) is 5.02 Å². The van der Waals surface area contributed by atoms with Gasteiger partial charge in [0.05, 0.1) is 16.6 Å². The van der Waals surface area contributed by atoms with E-state index in [2.05, 4.69) is 28.5 Å². The van der Waals surface area contributed by atoms with Crippen molar-refractivity contribution in [2.45, 2.75) is 26.8 Å². The fraction of sp³-hybridized carbons (Fsp3) is 0.250. The molecule has 0 aliphatic carbocycles. The molecule has 1 unspecified atom stereocenters. The van der Waals surface area contributed by atoms with Gasteiger partial charge >= 0.3 is 0 Å². The molecule has 0 saturated carbocycles. The Morgan fingerprint density at radius 2 is 2.05 bits per heavy atom. The fourth-order valence-corrected chi connectivity index (χ4v) is 2.31. The van der Waals surface area contributed by atoms with E-state index >= 15 is 0 Å². The summed E-state index contributed by atoms with van der Waals surface area (Å²) < 4.78 is 0. The monoisotopic (exact) mass is 288 g/mol. The summed E-state index contributed by atoms with van der Waals surface area (Å²) in [5.74, 6) is -0.212. The number of halogens is 1. The maximum Gasteiger partial charge on any atom is 0.254 e. The van der Waals surface area contributed by atoms with Crippen molar-refractivity contribution in [3.8, 4) is 0 Å². The van der Waals surface area contributed by atoms with Gasteiger partial charge in [-0.05, 0) is 38.0 Å². The van der Waals surface area contributed by atoms with Gasteiger partial charge in [0, 0.05) is 12.4 Å². The number of aryl methyl sites for hydroxylation is 2. The molecule has 0 radical (unpaired) electrons. The van der Waals surface area contributed by atoms with Gasteiger partial charge in [-0.1, -0.05) is 35.4 Å². The number of hydrogen-bond donors (Lipinski definition) is 1. The summed E-state index contributed by atoms with van der Waals surface area (Å²) in [6.45, 7) is 6.04. The van der Waals surface area contributed by atoms with Crippen molar-refractivity contribution in [2.75, 3.05) is 0 Å². The highest BCUT2D eigenvalue weighted by molar-refractivity contribution is 6.33. The number of benzene rings is 1. The van der Waals surface area contributed by atoms with E-state index in [0.717, 1.165) is 11.1 Å². The average Bonchev–Trinajstić information content (AvgIpc) is 2.41. The molecule has 4 heteroatoms. The SMILES string of the molecule is Cc1ccc(C)c(C(C)NC(=O)c2cnccc2Cl)c1. The molecule has 2 aromatic rings. The molecule has 1 heterocycles. The van der Waals surface area contributed by atoms with Crippen molar-refractivity contribution in [3.05, 3.63) is 63.9 Å². The lowest BCUT2D eigenvalue weighted by Gasteiger charge is -2.17. The molecule has 0 bridgehead atoms. The van der Waals surface area contributed by atoms with Crippen LogP contribution in [0.1, 0.15) is 40.0 Å². The largest absolute Gasteiger partial charge is 0.345 e. The van der Waals surface area contributed by atoms with E-state index in [4.69, 9.17) is 11.6 Å². The predicted molar refractivity (Wildman–Crippen MR) is 81.0 cm³/mol. The maximum absolute atomic E-state index is 12.2. The smallest absolute Gasteiger partial charge is 0.254 e. The van der Waals surface area contributed by atoms with Crippen molar-refractivity contribution in [1.82, 2.24) is 10.3 Å². The van der Waals surface area contributed by atoms with Gasteiger partial charge in [0.1, 0.15) is 0 Å². The van der Waals surface area contributed by atoms with Crippen molar-refractivity contribution in [3.63, 3.8) is 0 Å². The van der Waals surface area contributed by atoms with Gasteiger partial charge in [-0.15, -0.1) is 0 Å². The van der Waals surface area contributed by atoms with Gasteiger partial charge in [0.25, 0.3) is 5.91 Å². The standard InChI is InChI=1S/C16H17ClN2O/c1-10-4-5-11(2)13(8-10)12(3)19-16(20)14-9-18-7-6-15(14)17/h4-9,12H,1-3H3,(H,19,20). The lowest BCUT2D eigenvalue weighted by molar-refractivity contribution is 0.0939. The molecule has 2 rings (SSSR count). The van der Waals surface area contributed by atoms with Crippen LogP contribution in [0.3, 0.4) is 0 Å². The summed E-state index contributed by atoms with van der Waals surface area (Å²) in [4.78, 5) is 16.1. The first kappa shape index (κ1) is 14.5. The average molecular weight is 289 g/mol. The van der Waals surface area contributed by atoms with E-state index in [0.29, 0.717) is 10.6 Å². The molecule has 104 valence electrons. The highest BCUT2D eigenvalue weighted by atomic mass is 35.5. The molecule has 1 amide bonds. The Kier molecular flexibility index (Phi) is 4.40. The second-order valence-electron chi connectivity index (χ2n) is 4.91. The molecular weight excluding hydrogens is 272 g/mol. The zero-order chi connectivity index (χ0) is 14.7. The highest BCUT2D eigenvalue weighted by Gasteiger charge is 2.15. The molecule has 1 N–H and O–H groups in total. The van der Waals surface area contributed by atoms with Crippen LogP contribution >= 0.6 is 11.6 Å². The third-order valence-corrected chi connectivity index (χ3v) is 3.59. The lowest BCUT2D eigenvalue weighted by atomic mass is 10.00. The zero-order valence-electron chi connectivity index (χ0n) is 11.8. The van der Waals surface area contributed by atoms with Crippen molar-refractivity contribution >= 4 is 17.5 Å². The van der Waals surface area contributed by atoms with Gasteiger partial charge in [-0.2, -0.15) is 0 Å². The molecule has 0 aliphatic rings. The summed E-state index contributed by atoms with van der Waals surface area (Å²) in [6.07, 6.45) is 3.04. The highest BCUT2D eigenvalue weighted by Crippen LogP contribution is 2.20.